The molecule has 132 valence electrons. The number of amides is 1. The highest BCUT2D eigenvalue weighted by Gasteiger charge is 2.36. The van der Waals surface area contributed by atoms with E-state index in [1.165, 1.54) is 0 Å². The van der Waals surface area contributed by atoms with Crippen molar-refractivity contribution in [2.45, 2.75) is 45.6 Å². The molecule has 2 heterocycles. The van der Waals surface area contributed by atoms with Crippen molar-refractivity contribution in [3.8, 4) is 0 Å². The highest BCUT2D eigenvalue weighted by atomic mass is 16.2. The predicted octanol–water partition coefficient (Wildman–Crippen LogP) is 2.56. The van der Waals surface area contributed by atoms with Gasteiger partial charge in [-0.1, -0.05) is 12.1 Å². The van der Waals surface area contributed by atoms with Crippen LogP contribution in [0.15, 0.2) is 24.3 Å². The maximum Gasteiger partial charge on any atom is 0.230 e. The Bertz CT molecular complexity index is 791. The molecule has 1 atom stereocenters. The van der Waals surface area contributed by atoms with Crippen molar-refractivity contribution in [1.82, 2.24) is 15.4 Å². The standard InChI is InChI=1S/C19H25N5O/c1-19(2,3)24-11-10-23(16-6-4-5-7-17(16)24)18(25)13-8-9-14-15(12-13)21-22-20-14/h4-7,13H,8-12H2,1-3H3,(H,20,21,22). The monoisotopic (exact) mass is 339 g/mol. The van der Waals surface area contributed by atoms with Crippen molar-refractivity contribution in [2.75, 3.05) is 22.9 Å². The van der Waals surface area contributed by atoms with Crippen molar-refractivity contribution in [3.05, 3.63) is 35.7 Å². The second-order valence-electron chi connectivity index (χ2n) is 7.96. The average Bonchev–Trinajstić information content (AvgIpc) is 3.07. The number of aromatic nitrogens is 3. The number of nitrogens with one attached hydrogen (secondary N) is 1. The van der Waals surface area contributed by atoms with Gasteiger partial charge in [-0.05, 0) is 45.7 Å². The number of H-pyrrole nitrogens is 1. The number of carbonyl (C=O) groups is 1. The molecule has 4 rings (SSSR count). The van der Waals surface area contributed by atoms with Gasteiger partial charge in [0.1, 0.15) is 0 Å². The number of hydrogen-bond donors (Lipinski definition) is 1. The van der Waals surface area contributed by atoms with Gasteiger partial charge in [0, 0.05) is 31.0 Å². The number of hydrogen-bond acceptors (Lipinski definition) is 4. The van der Waals surface area contributed by atoms with Gasteiger partial charge in [-0.2, -0.15) is 15.4 Å². The largest absolute Gasteiger partial charge is 0.363 e. The molecule has 1 aliphatic carbocycles. The highest BCUT2D eigenvalue weighted by Crippen LogP contribution is 2.38. The van der Waals surface area contributed by atoms with Crippen molar-refractivity contribution in [2.24, 2.45) is 5.92 Å². The number of fused-ring (bicyclic) bond motifs is 2. The molecule has 0 radical (unpaired) electrons. The summed E-state index contributed by atoms with van der Waals surface area (Å²) in [5.74, 6) is 0.210. The lowest BCUT2D eigenvalue weighted by Crippen LogP contribution is -2.52. The summed E-state index contributed by atoms with van der Waals surface area (Å²) in [5, 5.41) is 11.1. The number of anilines is 2. The molecule has 0 fully saturated rings. The van der Waals surface area contributed by atoms with Crippen LogP contribution in [0.5, 0.6) is 0 Å². The smallest absolute Gasteiger partial charge is 0.230 e. The van der Waals surface area contributed by atoms with Crippen LogP contribution in [0.1, 0.15) is 38.6 Å². The lowest BCUT2D eigenvalue weighted by atomic mass is 9.88. The molecule has 1 unspecified atom stereocenters. The van der Waals surface area contributed by atoms with Crippen molar-refractivity contribution >= 4 is 17.3 Å². The summed E-state index contributed by atoms with van der Waals surface area (Å²) < 4.78 is 0. The van der Waals surface area contributed by atoms with Gasteiger partial charge in [0.15, 0.2) is 0 Å². The molecule has 0 saturated carbocycles. The number of nitrogens with zero attached hydrogens (tertiary/aromatic N) is 4. The van der Waals surface area contributed by atoms with Gasteiger partial charge in [-0.3, -0.25) is 4.79 Å². The summed E-state index contributed by atoms with van der Waals surface area (Å²) in [5.41, 5.74) is 4.17. The first-order chi connectivity index (χ1) is 11.9. The third-order valence-electron chi connectivity index (χ3n) is 5.31. The van der Waals surface area contributed by atoms with Gasteiger partial charge in [0.25, 0.3) is 0 Å². The molecule has 1 amide bonds. The molecular formula is C19H25N5O. The van der Waals surface area contributed by atoms with E-state index in [9.17, 15) is 4.79 Å². The first-order valence-electron chi connectivity index (χ1n) is 9.02. The number of rotatable bonds is 1. The molecule has 1 aromatic carbocycles. The maximum atomic E-state index is 13.3. The molecule has 1 aliphatic heterocycles. The third kappa shape index (κ3) is 2.79. The van der Waals surface area contributed by atoms with E-state index < -0.39 is 0 Å². The zero-order valence-corrected chi connectivity index (χ0v) is 15.1. The number of aromatic amines is 1. The number of benzene rings is 1. The van der Waals surface area contributed by atoms with Gasteiger partial charge in [-0.15, -0.1) is 0 Å². The van der Waals surface area contributed by atoms with Crippen LogP contribution in [0.4, 0.5) is 11.4 Å². The Hall–Kier alpha value is -2.37. The first-order valence-corrected chi connectivity index (χ1v) is 9.02. The number of carbonyl (C=O) groups excluding carboxylic acids is 1. The molecule has 6 heteroatoms. The normalized spacial score (nSPS) is 20.2. The molecule has 2 aliphatic rings. The van der Waals surface area contributed by atoms with Crippen LogP contribution in [0.25, 0.3) is 0 Å². The van der Waals surface area contributed by atoms with E-state index in [2.05, 4.69) is 53.2 Å². The summed E-state index contributed by atoms with van der Waals surface area (Å²) >= 11 is 0. The van der Waals surface area contributed by atoms with E-state index in [0.29, 0.717) is 6.42 Å². The van der Waals surface area contributed by atoms with Crippen LogP contribution in [-0.2, 0) is 17.6 Å². The Balaban J connectivity index is 1.62. The average molecular weight is 339 g/mol. The van der Waals surface area contributed by atoms with Crippen molar-refractivity contribution in [1.29, 1.82) is 0 Å². The molecule has 1 N–H and O–H groups in total. The van der Waals surface area contributed by atoms with E-state index in [0.717, 1.165) is 48.7 Å². The van der Waals surface area contributed by atoms with Crippen molar-refractivity contribution in [3.63, 3.8) is 0 Å². The van der Waals surface area contributed by atoms with E-state index in [1.54, 1.807) is 0 Å². The third-order valence-corrected chi connectivity index (χ3v) is 5.31. The Kier molecular flexibility index (Phi) is 3.78. The van der Waals surface area contributed by atoms with E-state index in [4.69, 9.17) is 0 Å². The topological polar surface area (TPSA) is 65.1 Å². The minimum absolute atomic E-state index is 0.00755. The fraction of sp³-hybridized carbons (Fsp3) is 0.526. The zero-order valence-electron chi connectivity index (χ0n) is 15.1. The molecule has 25 heavy (non-hydrogen) atoms. The maximum absolute atomic E-state index is 13.3. The quantitative estimate of drug-likeness (QED) is 0.867. The minimum Gasteiger partial charge on any atom is -0.363 e. The lowest BCUT2D eigenvalue weighted by molar-refractivity contribution is -0.122. The van der Waals surface area contributed by atoms with E-state index in [1.807, 2.05) is 17.0 Å². The highest BCUT2D eigenvalue weighted by molar-refractivity contribution is 5.99. The summed E-state index contributed by atoms with van der Waals surface area (Å²) in [7, 11) is 0. The summed E-state index contributed by atoms with van der Waals surface area (Å²) in [6, 6.07) is 8.25. The molecule has 6 nitrogen and oxygen atoms in total. The lowest BCUT2D eigenvalue weighted by Gasteiger charge is -2.45. The minimum atomic E-state index is -0.00755. The van der Waals surface area contributed by atoms with Gasteiger partial charge < -0.3 is 9.80 Å². The predicted molar refractivity (Wildman–Crippen MR) is 97.8 cm³/mol. The van der Waals surface area contributed by atoms with Crippen LogP contribution in [-0.4, -0.2) is 39.9 Å². The molecule has 2 aromatic rings. The first kappa shape index (κ1) is 16.1. The summed E-state index contributed by atoms with van der Waals surface area (Å²) in [6.45, 7) is 8.24. The SMILES string of the molecule is CC(C)(C)N1CCN(C(=O)C2CCc3n[nH]nc3C2)c2ccccc21. The van der Waals surface area contributed by atoms with Crippen LogP contribution >= 0.6 is 0 Å². The van der Waals surface area contributed by atoms with Gasteiger partial charge in [0.2, 0.25) is 5.91 Å². The Morgan fingerprint density at radius 3 is 2.60 bits per heavy atom. The molecule has 0 bridgehead atoms. The van der Waals surface area contributed by atoms with Crippen LogP contribution in [0.2, 0.25) is 0 Å². The molecule has 1 aromatic heterocycles. The van der Waals surface area contributed by atoms with Crippen molar-refractivity contribution < 1.29 is 4.79 Å². The fourth-order valence-corrected chi connectivity index (χ4v) is 4.00. The van der Waals surface area contributed by atoms with Crippen LogP contribution in [0, 0.1) is 5.92 Å². The molecule has 0 spiro atoms. The molecular weight excluding hydrogens is 314 g/mol. The Morgan fingerprint density at radius 2 is 1.84 bits per heavy atom. The Labute approximate surface area is 148 Å². The second kappa shape index (κ2) is 5.86. The fourth-order valence-electron chi connectivity index (χ4n) is 4.00. The number of aryl methyl sites for hydroxylation is 1. The number of para-hydroxylation sites is 2. The molecule has 0 saturated heterocycles. The van der Waals surface area contributed by atoms with E-state index >= 15 is 0 Å². The second-order valence-corrected chi connectivity index (χ2v) is 7.96. The van der Waals surface area contributed by atoms with E-state index in [-0.39, 0.29) is 17.4 Å². The van der Waals surface area contributed by atoms with Gasteiger partial charge in [0.05, 0.1) is 22.8 Å². The van der Waals surface area contributed by atoms with Crippen LogP contribution in [0.3, 0.4) is 0 Å². The zero-order chi connectivity index (χ0) is 17.6. The summed E-state index contributed by atoms with van der Waals surface area (Å²) in [4.78, 5) is 17.6. The summed E-state index contributed by atoms with van der Waals surface area (Å²) in [6.07, 6.45) is 2.36. The Morgan fingerprint density at radius 1 is 1.12 bits per heavy atom. The van der Waals surface area contributed by atoms with Crippen LogP contribution < -0.4 is 9.80 Å². The van der Waals surface area contributed by atoms with Gasteiger partial charge in [-0.25, -0.2) is 0 Å². The van der Waals surface area contributed by atoms with Gasteiger partial charge >= 0.3 is 0 Å².